The second-order valence-corrected chi connectivity index (χ2v) is 3.83. The molecule has 2 rings (SSSR count). The van der Waals surface area contributed by atoms with Crippen LogP contribution in [0.5, 0.6) is 0 Å². The number of aliphatic hydroxyl groups excluding tert-OH is 2. The fourth-order valence-electron chi connectivity index (χ4n) is 1.88. The number of anilines is 1. The van der Waals surface area contributed by atoms with Crippen molar-refractivity contribution in [1.29, 1.82) is 0 Å². The minimum Gasteiger partial charge on any atom is -0.389 e. The molecule has 0 amide bonds. The second kappa shape index (κ2) is 3.59. The number of benzene rings is 1. The van der Waals surface area contributed by atoms with Gasteiger partial charge in [0.2, 0.25) is 0 Å². The van der Waals surface area contributed by atoms with E-state index >= 15 is 0 Å². The summed E-state index contributed by atoms with van der Waals surface area (Å²) in [5.74, 6) is 0. The summed E-state index contributed by atoms with van der Waals surface area (Å²) in [6, 6.07) is 8.01. The molecular formula is C11H15NO2. The average molecular weight is 193 g/mol. The number of para-hydroxylation sites is 1. The second-order valence-electron chi connectivity index (χ2n) is 3.83. The predicted octanol–water partition coefficient (Wildman–Crippen LogP) is 0.537. The van der Waals surface area contributed by atoms with Crippen molar-refractivity contribution < 1.29 is 10.2 Å². The van der Waals surface area contributed by atoms with Crippen molar-refractivity contribution in [2.75, 3.05) is 18.0 Å². The van der Waals surface area contributed by atoms with Crippen LogP contribution in [-0.4, -0.2) is 35.5 Å². The maximum Gasteiger partial charge on any atom is 0.0990 e. The molecule has 76 valence electrons. The molecule has 3 heteroatoms. The van der Waals surface area contributed by atoms with Gasteiger partial charge in [-0.05, 0) is 18.6 Å². The van der Waals surface area contributed by atoms with Crippen LogP contribution in [0.3, 0.4) is 0 Å². The van der Waals surface area contributed by atoms with Gasteiger partial charge in [-0.1, -0.05) is 18.2 Å². The summed E-state index contributed by atoms with van der Waals surface area (Å²) in [6.07, 6.45) is -1.23. The van der Waals surface area contributed by atoms with Gasteiger partial charge in [-0.2, -0.15) is 0 Å². The van der Waals surface area contributed by atoms with Crippen LogP contribution in [0.1, 0.15) is 5.56 Å². The minimum absolute atomic E-state index is 0.520. The fourth-order valence-corrected chi connectivity index (χ4v) is 1.88. The van der Waals surface area contributed by atoms with Crippen LogP contribution in [0.2, 0.25) is 0 Å². The lowest BCUT2D eigenvalue weighted by Crippen LogP contribution is -2.22. The zero-order valence-corrected chi connectivity index (χ0v) is 8.22. The van der Waals surface area contributed by atoms with Crippen molar-refractivity contribution in [2.24, 2.45) is 0 Å². The van der Waals surface area contributed by atoms with Crippen LogP contribution < -0.4 is 4.90 Å². The number of β-amino-alcohol motifs (C(OH)–C–C–N with tert-alkyl or cyclic N) is 2. The summed E-state index contributed by atoms with van der Waals surface area (Å²) in [7, 11) is 0. The highest BCUT2D eigenvalue weighted by Crippen LogP contribution is 2.23. The molecular weight excluding hydrogens is 178 g/mol. The van der Waals surface area contributed by atoms with Gasteiger partial charge < -0.3 is 15.1 Å². The first kappa shape index (κ1) is 9.49. The summed E-state index contributed by atoms with van der Waals surface area (Å²) < 4.78 is 0. The number of aryl methyl sites for hydroxylation is 1. The highest BCUT2D eigenvalue weighted by Gasteiger charge is 2.29. The van der Waals surface area contributed by atoms with Gasteiger partial charge in [0.05, 0.1) is 12.2 Å². The lowest BCUT2D eigenvalue weighted by atomic mass is 10.2. The first-order valence-electron chi connectivity index (χ1n) is 4.85. The van der Waals surface area contributed by atoms with E-state index in [4.69, 9.17) is 0 Å². The van der Waals surface area contributed by atoms with E-state index in [0.29, 0.717) is 13.1 Å². The molecule has 0 aliphatic carbocycles. The van der Waals surface area contributed by atoms with Crippen LogP contribution in [0.25, 0.3) is 0 Å². The minimum atomic E-state index is -0.616. The number of aliphatic hydroxyl groups is 2. The van der Waals surface area contributed by atoms with Crippen molar-refractivity contribution in [3.63, 3.8) is 0 Å². The highest BCUT2D eigenvalue weighted by molar-refractivity contribution is 5.54. The molecule has 3 nitrogen and oxygen atoms in total. The highest BCUT2D eigenvalue weighted by atomic mass is 16.3. The Balaban J connectivity index is 2.21. The van der Waals surface area contributed by atoms with Gasteiger partial charge in [0.15, 0.2) is 0 Å². The zero-order valence-electron chi connectivity index (χ0n) is 8.22. The van der Waals surface area contributed by atoms with E-state index < -0.39 is 12.2 Å². The van der Waals surface area contributed by atoms with Crippen LogP contribution in [0.15, 0.2) is 24.3 Å². The molecule has 0 bridgehead atoms. The van der Waals surface area contributed by atoms with E-state index in [1.807, 2.05) is 36.1 Å². The zero-order chi connectivity index (χ0) is 10.1. The maximum atomic E-state index is 9.43. The standard InChI is InChI=1S/C11H15NO2/c1-8-4-2-3-5-9(8)12-6-10(13)11(14)7-12/h2-5,10-11,13-14H,6-7H2,1H3/t10-,11-/m0/s1. The Morgan fingerprint density at radius 3 is 2.29 bits per heavy atom. The monoisotopic (exact) mass is 193 g/mol. The summed E-state index contributed by atoms with van der Waals surface area (Å²) in [4.78, 5) is 2.02. The van der Waals surface area contributed by atoms with Gasteiger partial charge in [-0.3, -0.25) is 0 Å². The quantitative estimate of drug-likeness (QED) is 0.684. The molecule has 1 saturated heterocycles. The SMILES string of the molecule is Cc1ccccc1N1C[C@H](O)[C@@H](O)C1. The number of nitrogens with zero attached hydrogens (tertiary/aromatic N) is 1. The summed E-state index contributed by atoms with van der Waals surface area (Å²) in [5.41, 5.74) is 2.27. The molecule has 1 aromatic rings. The van der Waals surface area contributed by atoms with Crippen LogP contribution >= 0.6 is 0 Å². The van der Waals surface area contributed by atoms with Gasteiger partial charge in [0, 0.05) is 18.8 Å². The molecule has 0 radical (unpaired) electrons. The molecule has 0 unspecified atom stereocenters. The summed E-state index contributed by atoms with van der Waals surface area (Å²) in [5, 5.41) is 18.9. The van der Waals surface area contributed by atoms with Crippen LogP contribution in [0, 0.1) is 6.92 Å². The van der Waals surface area contributed by atoms with Crippen LogP contribution in [0.4, 0.5) is 5.69 Å². The van der Waals surface area contributed by atoms with Gasteiger partial charge in [0.1, 0.15) is 0 Å². The van der Waals surface area contributed by atoms with Crippen molar-refractivity contribution >= 4 is 5.69 Å². The van der Waals surface area contributed by atoms with Crippen molar-refractivity contribution in [3.05, 3.63) is 29.8 Å². The van der Waals surface area contributed by atoms with Gasteiger partial charge >= 0.3 is 0 Å². The molecule has 0 saturated carbocycles. The maximum absolute atomic E-state index is 9.43. The third-order valence-corrected chi connectivity index (χ3v) is 2.72. The fraction of sp³-hybridized carbons (Fsp3) is 0.455. The Bertz CT molecular complexity index is 317. The van der Waals surface area contributed by atoms with E-state index in [0.717, 1.165) is 5.69 Å². The third-order valence-electron chi connectivity index (χ3n) is 2.72. The first-order chi connectivity index (χ1) is 6.68. The Hall–Kier alpha value is -1.06. The lowest BCUT2D eigenvalue weighted by Gasteiger charge is -2.19. The Labute approximate surface area is 83.6 Å². The molecule has 2 atom stereocenters. The number of hydrogen-bond donors (Lipinski definition) is 2. The van der Waals surface area contributed by atoms with E-state index in [9.17, 15) is 10.2 Å². The van der Waals surface area contributed by atoms with Crippen molar-refractivity contribution in [2.45, 2.75) is 19.1 Å². The number of hydrogen-bond acceptors (Lipinski definition) is 3. The number of rotatable bonds is 1. The van der Waals surface area contributed by atoms with Gasteiger partial charge in [0.25, 0.3) is 0 Å². The van der Waals surface area contributed by atoms with Crippen molar-refractivity contribution in [3.8, 4) is 0 Å². The molecule has 0 aromatic heterocycles. The molecule has 1 heterocycles. The Morgan fingerprint density at radius 2 is 1.71 bits per heavy atom. The molecule has 1 aliphatic heterocycles. The third kappa shape index (κ3) is 1.61. The summed E-state index contributed by atoms with van der Waals surface area (Å²) >= 11 is 0. The Kier molecular flexibility index (Phi) is 2.44. The summed E-state index contributed by atoms with van der Waals surface area (Å²) in [6.45, 7) is 3.07. The average Bonchev–Trinajstić information content (AvgIpc) is 2.48. The van der Waals surface area contributed by atoms with E-state index in [2.05, 4.69) is 0 Å². The molecule has 14 heavy (non-hydrogen) atoms. The molecule has 0 spiro atoms. The lowest BCUT2D eigenvalue weighted by molar-refractivity contribution is 0.0572. The Morgan fingerprint density at radius 1 is 1.14 bits per heavy atom. The molecule has 1 fully saturated rings. The van der Waals surface area contributed by atoms with Gasteiger partial charge in [-0.15, -0.1) is 0 Å². The topological polar surface area (TPSA) is 43.7 Å². The smallest absolute Gasteiger partial charge is 0.0990 e. The normalized spacial score (nSPS) is 26.9. The van der Waals surface area contributed by atoms with E-state index in [-0.39, 0.29) is 0 Å². The van der Waals surface area contributed by atoms with E-state index in [1.165, 1.54) is 5.56 Å². The van der Waals surface area contributed by atoms with Crippen LogP contribution in [-0.2, 0) is 0 Å². The first-order valence-corrected chi connectivity index (χ1v) is 4.85. The van der Waals surface area contributed by atoms with Gasteiger partial charge in [-0.25, -0.2) is 0 Å². The van der Waals surface area contributed by atoms with E-state index in [1.54, 1.807) is 0 Å². The molecule has 1 aromatic carbocycles. The largest absolute Gasteiger partial charge is 0.389 e. The molecule has 2 N–H and O–H groups in total. The predicted molar refractivity (Wildman–Crippen MR) is 55.4 cm³/mol. The van der Waals surface area contributed by atoms with Crippen molar-refractivity contribution in [1.82, 2.24) is 0 Å². The molecule has 1 aliphatic rings.